The van der Waals surface area contributed by atoms with Gasteiger partial charge in [0, 0.05) is 18.0 Å². The Labute approximate surface area is 206 Å². The minimum atomic E-state index is -4.79. The normalized spacial score (nSPS) is 26.8. The molecule has 2 heterocycles. The van der Waals surface area contributed by atoms with Crippen LogP contribution in [-0.2, 0) is 4.79 Å². The number of nitrogens with one attached hydrogen (secondary N) is 2. The number of hydrogen-bond acceptors (Lipinski definition) is 4. The zero-order chi connectivity index (χ0) is 26.3. The van der Waals surface area contributed by atoms with Gasteiger partial charge in [-0.05, 0) is 67.4 Å². The number of ether oxygens (including phenoxy) is 1. The summed E-state index contributed by atoms with van der Waals surface area (Å²) in [5.74, 6) is -1.06. The molecule has 0 radical (unpaired) electrons. The highest BCUT2D eigenvalue weighted by molar-refractivity contribution is 5.88. The number of carboxylic acid groups (broad SMARTS) is 1. The Balaban J connectivity index is 1.65. The molecule has 2 fully saturated rings. The lowest BCUT2D eigenvalue weighted by atomic mass is 9.70. The Morgan fingerprint density at radius 1 is 1.25 bits per heavy atom. The number of aliphatic carboxylic acids is 1. The van der Waals surface area contributed by atoms with E-state index >= 15 is 0 Å². The number of allylic oxidation sites excluding steroid dienone is 2. The number of nitrogens with zero attached hydrogens (tertiary/aromatic N) is 2. The number of benzene rings is 1. The van der Waals surface area contributed by atoms with Gasteiger partial charge in [0.25, 0.3) is 0 Å². The Morgan fingerprint density at radius 3 is 2.56 bits per heavy atom. The first-order valence-corrected chi connectivity index (χ1v) is 11.9. The van der Waals surface area contributed by atoms with Crippen LogP contribution in [0.2, 0.25) is 0 Å². The van der Waals surface area contributed by atoms with Gasteiger partial charge in [-0.25, -0.2) is 4.99 Å². The standard InChI is InChI=1S/C25H30F4N4O3/c1-14-10-17(13-24(2,3)12-14)33-22-19(11-15(21(26)32-22)4-9-20(34)35)31-23(33)30-16-5-7-18(8-6-16)36-25(27,28)29/h5-8,11,14,17,22,32H,4,9-10,12-13H2,1-3H3,(H,30,31)(H,34,35)/t14-,17+,22?/m1/s1. The molecule has 3 N–H and O–H groups in total. The Morgan fingerprint density at radius 2 is 1.94 bits per heavy atom. The maximum absolute atomic E-state index is 15.0. The Hall–Kier alpha value is -3.24. The van der Waals surface area contributed by atoms with Crippen LogP contribution in [0.4, 0.5) is 23.2 Å². The number of aliphatic imine (C=N–C) groups is 1. The molecular formula is C25H30F4N4O3. The lowest BCUT2D eigenvalue weighted by Gasteiger charge is -2.45. The van der Waals surface area contributed by atoms with Crippen LogP contribution in [0.15, 0.2) is 52.6 Å². The molecule has 1 saturated heterocycles. The summed E-state index contributed by atoms with van der Waals surface area (Å²) < 4.78 is 56.4. The third-order valence-corrected chi connectivity index (χ3v) is 6.62. The maximum Gasteiger partial charge on any atom is 0.573 e. The fraction of sp³-hybridized carbons (Fsp3) is 0.520. The molecule has 1 saturated carbocycles. The topological polar surface area (TPSA) is 86.2 Å². The van der Waals surface area contributed by atoms with Crippen LogP contribution in [0.3, 0.4) is 0 Å². The van der Waals surface area contributed by atoms with E-state index < -0.39 is 24.4 Å². The second-order valence-corrected chi connectivity index (χ2v) is 10.5. The summed E-state index contributed by atoms with van der Waals surface area (Å²) >= 11 is 0. The molecule has 1 aliphatic carbocycles. The van der Waals surface area contributed by atoms with E-state index in [2.05, 4.69) is 41.1 Å². The summed E-state index contributed by atoms with van der Waals surface area (Å²) in [5.41, 5.74) is 1.36. The fourth-order valence-corrected chi connectivity index (χ4v) is 5.51. The van der Waals surface area contributed by atoms with Gasteiger partial charge in [0.1, 0.15) is 11.9 Å². The second kappa shape index (κ2) is 9.67. The second-order valence-electron chi connectivity index (χ2n) is 10.5. The van der Waals surface area contributed by atoms with Crippen LogP contribution < -0.4 is 15.4 Å². The van der Waals surface area contributed by atoms with Crippen LogP contribution in [0.25, 0.3) is 0 Å². The van der Waals surface area contributed by atoms with E-state index in [1.54, 1.807) is 6.08 Å². The summed E-state index contributed by atoms with van der Waals surface area (Å²) in [4.78, 5) is 17.6. The van der Waals surface area contributed by atoms with Crippen molar-refractivity contribution in [2.45, 2.75) is 71.4 Å². The van der Waals surface area contributed by atoms with Gasteiger partial charge in [0.2, 0.25) is 5.96 Å². The molecule has 1 aromatic carbocycles. The van der Waals surface area contributed by atoms with Gasteiger partial charge in [-0.1, -0.05) is 20.8 Å². The Bertz CT molecular complexity index is 1100. The average Bonchev–Trinajstić information content (AvgIpc) is 3.07. The molecule has 7 nitrogen and oxygen atoms in total. The molecule has 1 unspecified atom stereocenters. The molecule has 11 heteroatoms. The lowest BCUT2D eigenvalue weighted by molar-refractivity contribution is -0.274. The van der Waals surface area contributed by atoms with Gasteiger partial charge in [0.05, 0.1) is 11.4 Å². The van der Waals surface area contributed by atoms with Crippen LogP contribution in [0.5, 0.6) is 5.75 Å². The van der Waals surface area contributed by atoms with E-state index in [1.165, 1.54) is 24.3 Å². The number of dihydropyridines is 1. The molecule has 4 rings (SSSR count). The molecule has 0 bridgehead atoms. The molecule has 3 atom stereocenters. The number of fused-ring (bicyclic) bond motifs is 1. The first-order chi connectivity index (χ1) is 16.8. The first-order valence-electron chi connectivity index (χ1n) is 11.9. The van der Waals surface area contributed by atoms with E-state index in [4.69, 9.17) is 5.11 Å². The van der Waals surface area contributed by atoms with Crippen molar-refractivity contribution in [2.75, 3.05) is 0 Å². The van der Waals surface area contributed by atoms with Crippen LogP contribution >= 0.6 is 0 Å². The van der Waals surface area contributed by atoms with Crippen LogP contribution in [0, 0.1) is 11.3 Å². The molecule has 2 aliphatic heterocycles. The number of halogens is 4. The molecule has 196 valence electrons. The molecule has 3 aliphatic rings. The third-order valence-electron chi connectivity index (χ3n) is 6.62. The number of carbonyl (C=O) groups is 1. The minimum absolute atomic E-state index is 0.0274. The van der Waals surface area contributed by atoms with Crippen LogP contribution in [0.1, 0.15) is 52.9 Å². The minimum Gasteiger partial charge on any atom is -0.481 e. The van der Waals surface area contributed by atoms with Crippen LogP contribution in [-0.4, -0.2) is 40.5 Å². The molecule has 36 heavy (non-hydrogen) atoms. The summed E-state index contributed by atoms with van der Waals surface area (Å²) in [7, 11) is 0. The Kier molecular flexibility index (Phi) is 6.94. The molecule has 0 aromatic heterocycles. The third kappa shape index (κ3) is 6.11. The van der Waals surface area contributed by atoms with Crippen molar-refractivity contribution in [1.82, 2.24) is 15.5 Å². The number of hydrogen-bond donors (Lipinski definition) is 3. The predicted octanol–water partition coefficient (Wildman–Crippen LogP) is 5.55. The van der Waals surface area contributed by atoms with E-state index in [-0.39, 0.29) is 35.6 Å². The highest BCUT2D eigenvalue weighted by atomic mass is 19.4. The van der Waals surface area contributed by atoms with E-state index in [0.29, 0.717) is 23.3 Å². The van der Waals surface area contributed by atoms with E-state index in [9.17, 15) is 22.4 Å². The van der Waals surface area contributed by atoms with Gasteiger partial charge < -0.3 is 25.4 Å². The molecule has 0 spiro atoms. The van der Waals surface area contributed by atoms with Crippen molar-refractivity contribution in [3.8, 4) is 5.75 Å². The van der Waals surface area contributed by atoms with E-state index in [1.807, 2.05) is 4.90 Å². The average molecular weight is 511 g/mol. The monoisotopic (exact) mass is 510 g/mol. The van der Waals surface area contributed by atoms with Gasteiger partial charge in [-0.2, -0.15) is 4.39 Å². The van der Waals surface area contributed by atoms with Crippen molar-refractivity contribution in [2.24, 2.45) is 16.3 Å². The SMILES string of the molecule is C[C@@H]1C[C@H](N2C(=Nc3ccc(OC(F)(F)F)cc3)NC3=CC(CCC(=O)O)=C(F)NC32)CC(C)(C)C1. The van der Waals surface area contributed by atoms with Gasteiger partial charge >= 0.3 is 12.3 Å². The van der Waals surface area contributed by atoms with Gasteiger partial charge in [-0.15, -0.1) is 13.2 Å². The quantitative estimate of drug-likeness (QED) is 0.344. The number of guanidine groups is 1. The maximum atomic E-state index is 15.0. The zero-order valence-corrected chi connectivity index (χ0v) is 20.3. The first kappa shape index (κ1) is 25.8. The molecular weight excluding hydrogens is 480 g/mol. The highest BCUT2D eigenvalue weighted by Gasteiger charge is 2.45. The zero-order valence-electron chi connectivity index (χ0n) is 20.3. The number of carboxylic acids is 1. The van der Waals surface area contributed by atoms with Crippen molar-refractivity contribution in [1.29, 1.82) is 0 Å². The largest absolute Gasteiger partial charge is 0.573 e. The van der Waals surface area contributed by atoms with E-state index in [0.717, 1.165) is 19.3 Å². The van der Waals surface area contributed by atoms with Crippen molar-refractivity contribution in [3.63, 3.8) is 0 Å². The van der Waals surface area contributed by atoms with Crippen molar-refractivity contribution >= 4 is 17.6 Å². The van der Waals surface area contributed by atoms with Crippen molar-refractivity contribution in [3.05, 3.63) is 47.6 Å². The summed E-state index contributed by atoms with van der Waals surface area (Å²) in [5, 5.41) is 15.1. The van der Waals surface area contributed by atoms with Crippen molar-refractivity contribution < 1.29 is 32.2 Å². The summed E-state index contributed by atoms with van der Waals surface area (Å²) in [6, 6.07) is 5.24. The van der Waals surface area contributed by atoms with Gasteiger partial charge in [0.15, 0.2) is 5.95 Å². The number of rotatable bonds is 6. The van der Waals surface area contributed by atoms with Gasteiger partial charge in [-0.3, -0.25) is 4.79 Å². The number of alkyl halides is 3. The molecule has 1 aromatic rings. The highest BCUT2D eigenvalue weighted by Crippen LogP contribution is 2.43. The smallest absolute Gasteiger partial charge is 0.481 e. The summed E-state index contributed by atoms with van der Waals surface area (Å²) in [6.45, 7) is 6.58. The summed E-state index contributed by atoms with van der Waals surface area (Å²) in [6.07, 6.45) is -1.12. The lowest BCUT2D eigenvalue weighted by Crippen LogP contribution is -2.52. The molecule has 0 amide bonds. The fourth-order valence-electron chi connectivity index (χ4n) is 5.51. The predicted molar refractivity (Wildman–Crippen MR) is 126 cm³/mol.